The SMILES string of the molecule is CC1OCCC1(O)CNCc1cc(Cl)cc(Cl)c1O. The first-order chi connectivity index (χ1) is 8.92. The molecule has 0 aromatic heterocycles. The molecule has 1 aliphatic rings. The van der Waals surface area contributed by atoms with Gasteiger partial charge in [-0.25, -0.2) is 0 Å². The highest BCUT2D eigenvalue weighted by atomic mass is 35.5. The molecule has 0 aliphatic carbocycles. The first-order valence-electron chi connectivity index (χ1n) is 6.14. The lowest BCUT2D eigenvalue weighted by molar-refractivity contribution is -0.0263. The molecule has 0 radical (unpaired) electrons. The minimum absolute atomic E-state index is 0.0151. The van der Waals surface area contributed by atoms with Crippen molar-refractivity contribution in [2.24, 2.45) is 0 Å². The van der Waals surface area contributed by atoms with Gasteiger partial charge in [0.2, 0.25) is 0 Å². The summed E-state index contributed by atoms with van der Waals surface area (Å²) in [6.45, 7) is 3.18. The smallest absolute Gasteiger partial charge is 0.138 e. The standard InChI is InChI=1S/C13H17Cl2NO3/c1-8-13(18,2-3-19-8)7-16-6-9-4-10(14)5-11(15)12(9)17/h4-5,8,16-18H,2-3,6-7H2,1H3. The van der Waals surface area contributed by atoms with E-state index in [4.69, 9.17) is 27.9 Å². The van der Waals surface area contributed by atoms with E-state index in [9.17, 15) is 10.2 Å². The lowest BCUT2D eigenvalue weighted by atomic mass is 9.96. The number of rotatable bonds is 4. The highest BCUT2D eigenvalue weighted by molar-refractivity contribution is 6.35. The number of phenols is 1. The predicted molar refractivity (Wildman–Crippen MR) is 74.8 cm³/mol. The number of phenolic OH excluding ortho intramolecular Hbond substituents is 1. The van der Waals surface area contributed by atoms with Gasteiger partial charge in [-0.05, 0) is 19.1 Å². The minimum atomic E-state index is -0.863. The molecule has 0 saturated carbocycles. The van der Waals surface area contributed by atoms with Crippen LogP contribution in [0.3, 0.4) is 0 Å². The fourth-order valence-electron chi connectivity index (χ4n) is 2.17. The van der Waals surface area contributed by atoms with Crippen LogP contribution in [-0.2, 0) is 11.3 Å². The number of aliphatic hydroxyl groups is 1. The summed E-state index contributed by atoms with van der Waals surface area (Å²) < 4.78 is 5.35. The van der Waals surface area contributed by atoms with Crippen molar-refractivity contribution in [3.05, 3.63) is 27.7 Å². The van der Waals surface area contributed by atoms with Crippen molar-refractivity contribution in [1.29, 1.82) is 0 Å². The largest absolute Gasteiger partial charge is 0.506 e. The second-order valence-corrected chi connectivity index (χ2v) is 5.71. The maximum atomic E-state index is 10.3. The van der Waals surface area contributed by atoms with E-state index in [1.54, 1.807) is 6.07 Å². The Morgan fingerprint density at radius 1 is 1.47 bits per heavy atom. The summed E-state index contributed by atoms with van der Waals surface area (Å²) >= 11 is 11.7. The van der Waals surface area contributed by atoms with Crippen molar-refractivity contribution in [1.82, 2.24) is 5.32 Å². The van der Waals surface area contributed by atoms with Gasteiger partial charge in [0.1, 0.15) is 11.4 Å². The number of hydrogen-bond donors (Lipinski definition) is 3. The van der Waals surface area contributed by atoms with E-state index in [1.807, 2.05) is 6.92 Å². The Bertz CT molecular complexity index is 469. The van der Waals surface area contributed by atoms with Crippen molar-refractivity contribution in [2.75, 3.05) is 13.2 Å². The molecule has 1 aromatic rings. The third kappa shape index (κ3) is 3.33. The van der Waals surface area contributed by atoms with Crippen molar-refractivity contribution in [3.63, 3.8) is 0 Å². The number of hydrogen-bond acceptors (Lipinski definition) is 4. The van der Waals surface area contributed by atoms with Crippen molar-refractivity contribution in [2.45, 2.75) is 31.6 Å². The Labute approximate surface area is 122 Å². The van der Waals surface area contributed by atoms with Crippen LogP contribution in [0.2, 0.25) is 10.0 Å². The number of benzene rings is 1. The third-order valence-electron chi connectivity index (χ3n) is 3.51. The van der Waals surface area contributed by atoms with Crippen LogP contribution >= 0.6 is 23.2 Å². The van der Waals surface area contributed by atoms with Gasteiger partial charge >= 0.3 is 0 Å². The van der Waals surface area contributed by atoms with Crippen LogP contribution in [0.25, 0.3) is 0 Å². The van der Waals surface area contributed by atoms with E-state index in [0.717, 1.165) is 0 Å². The summed E-state index contributed by atoms with van der Waals surface area (Å²) in [6, 6.07) is 3.14. The summed E-state index contributed by atoms with van der Waals surface area (Å²) in [5.41, 5.74) is -0.259. The van der Waals surface area contributed by atoms with E-state index in [1.165, 1.54) is 6.07 Å². The maximum Gasteiger partial charge on any atom is 0.138 e. The van der Waals surface area contributed by atoms with Crippen LogP contribution in [-0.4, -0.2) is 35.1 Å². The molecule has 1 fully saturated rings. The molecule has 106 valence electrons. The van der Waals surface area contributed by atoms with Crippen LogP contribution in [0.1, 0.15) is 18.9 Å². The molecule has 2 unspecified atom stereocenters. The van der Waals surface area contributed by atoms with E-state index in [-0.39, 0.29) is 16.9 Å². The van der Waals surface area contributed by atoms with E-state index in [0.29, 0.717) is 36.7 Å². The van der Waals surface area contributed by atoms with Crippen molar-refractivity contribution < 1.29 is 14.9 Å². The average molecular weight is 306 g/mol. The second-order valence-electron chi connectivity index (χ2n) is 4.87. The predicted octanol–water partition coefficient (Wildman–Crippen LogP) is 2.33. The van der Waals surface area contributed by atoms with Crippen LogP contribution in [0.15, 0.2) is 12.1 Å². The molecule has 2 atom stereocenters. The zero-order valence-corrected chi connectivity index (χ0v) is 12.1. The Morgan fingerprint density at radius 3 is 2.84 bits per heavy atom. The molecule has 1 aliphatic heterocycles. The van der Waals surface area contributed by atoms with Crippen LogP contribution in [0.4, 0.5) is 0 Å². The Hall–Kier alpha value is -0.520. The molecule has 1 saturated heterocycles. The number of ether oxygens (including phenoxy) is 1. The molecule has 0 amide bonds. The zero-order chi connectivity index (χ0) is 14.0. The highest BCUT2D eigenvalue weighted by Crippen LogP contribution is 2.31. The van der Waals surface area contributed by atoms with E-state index >= 15 is 0 Å². The van der Waals surface area contributed by atoms with Gasteiger partial charge in [0, 0.05) is 36.7 Å². The Balaban J connectivity index is 1.96. The van der Waals surface area contributed by atoms with Crippen molar-refractivity contribution in [3.8, 4) is 5.75 Å². The fourth-order valence-corrected chi connectivity index (χ4v) is 2.71. The zero-order valence-electron chi connectivity index (χ0n) is 10.6. The molecule has 4 nitrogen and oxygen atoms in total. The van der Waals surface area contributed by atoms with Gasteiger partial charge in [-0.15, -0.1) is 0 Å². The quantitative estimate of drug-likeness (QED) is 0.799. The molecule has 1 heterocycles. The molecule has 2 rings (SSSR count). The summed E-state index contributed by atoms with van der Waals surface area (Å²) in [6.07, 6.45) is 0.403. The lowest BCUT2D eigenvalue weighted by Crippen LogP contribution is -2.45. The molecular weight excluding hydrogens is 289 g/mol. The van der Waals surface area contributed by atoms with E-state index < -0.39 is 5.60 Å². The van der Waals surface area contributed by atoms with Crippen molar-refractivity contribution >= 4 is 23.2 Å². The van der Waals surface area contributed by atoms with Gasteiger partial charge in [0.25, 0.3) is 0 Å². The van der Waals surface area contributed by atoms with E-state index in [2.05, 4.69) is 5.32 Å². The second kappa shape index (κ2) is 5.85. The first-order valence-corrected chi connectivity index (χ1v) is 6.89. The van der Waals surface area contributed by atoms with Gasteiger partial charge in [0.15, 0.2) is 0 Å². The van der Waals surface area contributed by atoms with Gasteiger partial charge in [-0.3, -0.25) is 0 Å². The van der Waals surface area contributed by atoms with Gasteiger partial charge in [-0.1, -0.05) is 23.2 Å². The van der Waals surface area contributed by atoms with Gasteiger partial charge in [-0.2, -0.15) is 0 Å². The molecule has 3 N–H and O–H groups in total. The molecule has 19 heavy (non-hydrogen) atoms. The average Bonchev–Trinajstić information content (AvgIpc) is 2.66. The monoisotopic (exact) mass is 305 g/mol. The van der Waals surface area contributed by atoms with Gasteiger partial charge < -0.3 is 20.3 Å². The highest BCUT2D eigenvalue weighted by Gasteiger charge is 2.38. The Kier molecular flexibility index (Phi) is 4.58. The van der Waals surface area contributed by atoms with Crippen LogP contribution < -0.4 is 5.32 Å². The maximum absolute atomic E-state index is 10.3. The third-order valence-corrected chi connectivity index (χ3v) is 4.02. The molecular formula is C13H17Cl2NO3. The summed E-state index contributed by atoms with van der Waals surface area (Å²) in [4.78, 5) is 0. The van der Waals surface area contributed by atoms with Crippen LogP contribution in [0, 0.1) is 0 Å². The topological polar surface area (TPSA) is 61.7 Å². The fraction of sp³-hybridized carbons (Fsp3) is 0.538. The Morgan fingerprint density at radius 2 is 2.21 bits per heavy atom. The first kappa shape index (κ1) is 14.9. The summed E-state index contributed by atoms with van der Waals surface area (Å²) in [7, 11) is 0. The summed E-state index contributed by atoms with van der Waals surface area (Å²) in [5.74, 6) is 0.0151. The number of aromatic hydroxyl groups is 1. The summed E-state index contributed by atoms with van der Waals surface area (Å²) in [5, 5.41) is 23.9. The molecule has 0 spiro atoms. The lowest BCUT2D eigenvalue weighted by Gasteiger charge is -2.26. The molecule has 0 bridgehead atoms. The number of halogens is 2. The van der Waals surface area contributed by atoms with Crippen LogP contribution in [0.5, 0.6) is 5.75 Å². The van der Waals surface area contributed by atoms with Gasteiger partial charge in [0.05, 0.1) is 11.1 Å². The normalized spacial score (nSPS) is 26.8. The number of nitrogens with one attached hydrogen (secondary N) is 1. The molecule has 6 heteroatoms. The molecule has 1 aromatic carbocycles. The minimum Gasteiger partial charge on any atom is -0.506 e.